The van der Waals surface area contributed by atoms with E-state index < -0.39 is 0 Å². The summed E-state index contributed by atoms with van der Waals surface area (Å²) < 4.78 is 0. The predicted molar refractivity (Wildman–Crippen MR) is 42.0 cm³/mol. The molecule has 0 aliphatic carbocycles. The zero-order valence-electron chi connectivity index (χ0n) is 5.85. The molecular formula is C7H11NOS. The fourth-order valence-corrected chi connectivity index (χ4v) is 2.88. The van der Waals surface area contributed by atoms with Gasteiger partial charge in [0.25, 0.3) is 0 Å². The minimum Gasteiger partial charge on any atom is -0.349 e. The zero-order valence-corrected chi connectivity index (χ0v) is 6.67. The van der Waals surface area contributed by atoms with Crippen molar-refractivity contribution in [1.82, 2.24) is 5.32 Å². The largest absolute Gasteiger partial charge is 0.349 e. The van der Waals surface area contributed by atoms with E-state index in [0.29, 0.717) is 0 Å². The zero-order chi connectivity index (χ0) is 7.03. The number of rotatable bonds is 0. The van der Waals surface area contributed by atoms with Crippen LogP contribution in [0.5, 0.6) is 0 Å². The second-order valence-electron chi connectivity index (χ2n) is 3.16. The van der Waals surface area contributed by atoms with E-state index in [1.165, 1.54) is 18.6 Å². The lowest BCUT2D eigenvalue weighted by molar-refractivity contribution is -0.132. The van der Waals surface area contributed by atoms with Gasteiger partial charge < -0.3 is 5.32 Å². The standard InChI is InChI=1S/C7H11NOS/c9-6-4-7(8-6)2-1-3-10-5-7/h1-5H2,(H,8,9). The van der Waals surface area contributed by atoms with Crippen molar-refractivity contribution in [2.75, 3.05) is 11.5 Å². The topological polar surface area (TPSA) is 29.1 Å². The van der Waals surface area contributed by atoms with E-state index in [2.05, 4.69) is 5.32 Å². The Kier molecular flexibility index (Phi) is 1.41. The van der Waals surface area contributed by atoms with Crippen molar-refractivity contribution in [3.05, 3.63) is 0 Å². The first-order chi connectivity index (χ1) is 4.81. The molecule has 2 heterocycles. The van der Waals surface area contributed by atoms with Crippen LogP contribution >= 0.6 is 11.8 Å². The lowest BCUT2D eigenvalue weighted by atomic mass is 9.84. The first kappa shape index (κ1) is 6.53. The molecule has 2 rings (SSSR count). The molecule has 3 heteroatoms. The number of hydrogen-bond donors (Lipinski definition) is 1. The average molecular weight is 157 g/mol. The van der Waals surface area contributed by atoms with Crippen LogP contribution in [0.25, 0.3) is 0 Å². The first-order valence-corrected chi connectivity index (χ1v) is 4.85. The molecule has 2 aliphatic heterocycles. The average Bonchev–Trinajstić information content (AvgIpc) is 1.87. The molecule has 0 aromatic carbocycles. The van der Waals surface area contributed by atoms with E-state index in [1.807, 2.05) is 11.8 Å². The van der Waals surface area contributed by atoms with Gasteiger partial charge in [-0.15, -0.1) is 0 Å². The molecule has 2 aliphatic rings. The van der Waals surface area contributed by atoms with Crippen molar-refractivity contribution in [2.24, 2.45) is 0 Å². The summed E-state index contributed by atoms with van der Waals surface area (Å²) in [6.07, 6.45) is 3.25. The fraction of sp³-hybridized carbons (Fsp3) is 0.857. The van der Waals surface area contributed by atoms with Crippen LogP contribution in [0.4, 0.5) is 0 Å². The monoisotopic (exact) mass is 157 g/mol. The summed E-state index contributed by atoms with van der Waals surface area (Å²) in [5.41, 5.74) is 0.236. The van der Waals surface area contributed by atoms with Crippen LogP contribution in [-0.4, -0.2) is 23.0 Å². The molecule has 0 bridgehead atoms. The quantitative estimate of drug-likeness (QED) is 0.526. The molecule has 56 valence electrons. The van der Waals surface area contributed by atoms with Gasteiger partial charge >= 0.3 is 0 Å². The van der Waals surface area contributed by atoms with E-state index in [4.69, 9.17) is 0 Å². The van der Waals surface area contributed by atoms with Crippen molar-refractivity contribution in [1.29, 1.82) is 0 Å². The van der Waals surface area contributed by atoms with Crippen LogP contribution in [0.3, 0.4) is 0 Å². The minimum absolute atomic E-state index is 0.236. The Bertz CT molecular complexity index is 153. The Morgan fingerprint density at radius 3 is 2.90 bits per heavy atom. The van der Waals surface area contributed by atoms with Crippen molar-refractivity contribution in [3.8, 4) is 0 Å². The van der Waals surface area contributed by atoms with Crippen LogP contribution in [0, 0.1) is 0 Å². The summed E-state index contributed by atoms with van der Waals surface area (Å²) in [6, 6.07) is 0. The van der Waals surface area contributed by atoms with Crippen molar-refractivity contribution >= 4 is 17.7 Å². The predicted octanol–water partition coefficient (Wildman–Crippen LogP) is 0.772. The van der Waals surface area contributed by atoms with Crippen LogP contribution in [0.2, 0.25) is 0 Å². The number of hydrogen-bond acceptors (Lipinski definition) is 2. The molecule has 0 aromatic rings. The molecule has 2 nitrogen and oxygen atoms in total. The molecule has 2 saturated heterocycles. The van der Waals surface area contributed by atoms with Gasteiger partial charge in [-0.2, -0.15) is 11.8 Å². The van der Waals surface area contributed by atoms with Gasteiger partial charge in [0.1, 0.15) is 0 Å². The highest BCUT2D eigenvalue weighted by Crippen LogP contribution is 2.34. The Balaban J connectivity index is 1.96. The summed E-state index contributed by atoms with van der Waals surface area (Å²) in [6.45, 7) is 0. The molecule has 0 radical (unpaired) electrons. The molecule has 1 unspecified atom stereocenters. The highest BCUT2D eigenvalue weighted by Gasteiger charge is 2.43. The Morgan fingerprint density at radius 1 is 1.60 bits per heavy atom. The van der Waals surface area contributed by atoms with E-state index in [-0.39, 0.29) is 11.4 Å². The third kappa shape index (κ3) is 0.926. The molecule has 1 N–H and O–H groups in total. The molecule has 1 atom stereocenters. The van der Waals surface area contributed by atoms with E-state index in [1.54, 1.807) is 0 Å². The molecule has 1 spiro atoms. The second kappa shape index (κ2) is 2.16. The van der Waals surface area contributed by atoms with Crippen LogP contribution in [-0.2, 0) is 4.79 Å². The molecule has 2 fully saturated rings. The maximum atomic E-state index is 10.7. The van der Waals surface area contributed by atoms with Gasteiger partial charge in [-0.25, -0.2) is 0 Å². The van der Waals surface area contributed by atoms with Crippen LogP contribution < -0.4 is 5.32 Å². The van der Waals surface area contributed by atoms with E-state index >= 15 is 0 Å². The summed E-state index contributed by atoms with van der Waals surface area (Å²) >= 11 is 1.96. The van der Waals surface area contributed by atoms with Gasteiger partial charge in [-0.1, -0.05) is 0 Å². The Morgan fingerprint density at radius 2 is 2.40 bits per heavy atom. The summed E-state index contributed by atoms with van der Waals surface area (Å²) in [5, 5.41) is 3.00. The number of thioether (sulfide) groups is 1. The summed E-state index contributed by atoms with van der Waals surface area (Å²) in [4.78, 5) is 10.7. The Labute approximate surface area is 64.8 Å². The van der Waals surface area contributed by atoms with E-state index in [9.17, 15) is 4.79 Å². The maximum Gasteiger partial charge on any atom is 0.222 e. The molecule has 0 aromatic heterocycles. The number of carbonyl (C=O) groups is 1. The lowest BCUT2D eigenvalue weighted by Crippen LogP contribution is -2.63. The van der Waals surface area contributed by atoms with Crippen molar-refractivity contribution < 1.29 is 4.79 Å². The molecule has 1 amide bonds. The minimum atomic E-state index is 0.236. The lowest BCUT2D eigenvalue weighted by Gasteiger charge is -2.44. The second-order valence-corrected chi connectivity index (χ2v) is 4.27. The van der Waals surface area contributed by atoms with Crippen LogP contribution in [0.15, 0.2) is 0 Å². The third-order valence-corrected chi connectivity index (χ3v) is 3.56. The highest BCUT2D eigenvalue weighted by molar-refractivity contribution is 7.99. The highest BCUT2D eigenvalue weighted by atomic mass is 32.2. The van der Waals surface area contributed by atoms with Gasteiger partial charge in [0.2, 0.25) is 5.91 Å². The van der Waals surface area contributed by atoms with Gasteiger partial charge in [-0.05, 0) is 18.6 Å². The fourth-order valence-electron chi connectivity index (χ4n) is 1.68. The van der Waals surface area contributed by atoms with Crippen molar-refractivity contribution in [3.63, 3.8) is 0 Å². The van der Waals surface area contributed by atoms with Gasteiger partial charge in [0.15, 0.2) is 0 Å². The number of amides is 1. The smallest absolute Gasteiger partial charge is 0.222 e. The number of carbonyl (C=O) groups excluding carboxylic acids is 1. The molecule has 10 heavy (non-hydrogen) atoms. The van der Waals surface area contributed by atoms with Gasteiger partial charge in [0, 0.05) is 5.75 Å². The Hall–Kier alpha value is -0.180. The van der Waals surface area contributed by atoms with Crippen molar-refractivity contribution in [2.45, 2.75) is 24.8 Å². The summed E-state index contributed by atoms with van der Waals surface area (Å²) in [5.74, 6) is 2.65. The van der Waals surface area contributed by atoms with Crippen LogP contribution in [0.1, 0.15) is 19.3 Å². The number of nitrogens with one attached hydrogen (secondary N) is 1. The van der Waals surface area contributed by atoms with Gasteiger partial charge in [0.05, 0.1) is 12.0 Å². The van der Waals surface area contributed by atoms with Gasteiger partial charge in [-0.3, -0.25) is 4.79 Å². The number of β-lactam (4-membered cyclic amide) rings is 1. The molecular weight excluding hydrogens is 146 g/mol. The normalized spacial score (nSPS) is 39.0. The maximum absolute atomic E-state index is 10.7. The summed E-state index contributed by atoms with van der Waals surface area (Å²) in [7, 11) is 0. The third-order valence-electron chi connectivity index (χ3n) is 2.23. The molecule has 0 saturated carbocycles. The first-order valence-electron chi connectivity index (χ1n) is 3.70. The van der Waals surface area contributed by atoms with E-state index in [0.717, 1.165) is 12.2 Å². The SMILES string of the molecule is O=C1CC2(CCCSC2)N1.